The van der Waals surface area contributed by atoms with Crippen LogP contribution in [0.2, 0.25) is 0 Å². The Morgan fingerprint density at radius 3 is 3.05 bits per heavy atom. The summed E-state index contributed by atoms with van der Waals surface area (Å²) in [6.45, 7) is 4.84. The highest BCUT2D eigenvalue weighted by molar-refractivity contribution is 7.14. The van der Waals surface area contributed by atoms with Gasteiger partial charge < -0.3 is 10.2 Å². The maximum absolute atomic E-state index is 12.6. The largest absolute Gasteiger partial charge is 0.337 e. The highest BCUT2D eigenvalue weighted by atomic mass is 32.1. The van der Waals surface area contributed by atoms with E-state index in [1.807, 2.05) is 4.90 Å². The first-order valence-electron chi connectivity index (χ1n) is 7.42. The lowest BCUT2D eigenvalue weighted by atomic mass is 10.2. The molecule has 0 radical (unpaired) electrons. The van der Waals surface area contributed by atoms with Crippen molar-refractivity contribution in [1.29, 1.82) is 0 Å². The minimum absolute atomic E-state index is 0.232. The Labute approximate surface area is 119 Å². The first kappa shape index (κ1) is 13.1. The summed E-state index contributed by atoms with van der Waals surface area (Å²) >= 11 is 1.72. The Kier molecular flexibility index (Phi) is 3.89. The molecular formula is C15H22N2OS. The first-order chi connectivity index (χ1) is 9.28. The molecule has 0 saturated carbocycles. The van der Waals surface area contributed by atoms with Crippen molar-refractivity contribution in [3.8, 4) is 0 Å². The van der Waals surface area contributed by atoms with Gasteiger partial charge >= 0.3 is 0 Å². The second-order valence-corrected chi connectivity index (χ2v) is 6.69. The maximum Gasteiger partial charge on any atom is 0.263 e. The summed E-state index contributed by atoms with van der Waals surface area (Å²) in [5, 5.41) is 3.48. The zero-order chi connectivity index (χ0) is 13.2. The first-order valence-corrected chi connectivity index (χ1v) is 8.24. The lowest BCUT2D eigenvalue weighted by Crippen LogP contribution is -2.40. The van der Waals surface area contributed by atoms with Crippen LogP contribution in [-0.4, -0.2) is 36.5 Å². The zero-order valence-corrected chi connectivity index (χ0v) is 12.4. The molecule has 104 valence electrons. The van der Waals surface area contributed by atoms with Crippen molar-refractivity contribution < 1.29 is 4.79 Å². The number of hydrogen-bond donors (Lipinski definition) is 1. The predicted molar refractivity (Wildman–Crippen MR) is 78.9 cm³/mol. The Hall–Kier alpha value is -0.870. The van der Waals surface area contributed by atoms with Gasteiger partial charge in [-0.2, -0.15) is 0 Å². The third-order valence-electron chi connectivity index (χ3n) is 4.23. The summed E-state index contributed by atoms with van der Waals surface area (Å²) in [7, 11) is 0. The van der Waals surface area contributed by atoms with Crippen LogP contribution in [0.4, 0.5) is 0 Å². The smallest absolute Gasteiger partial charge is 0.263 e. The summed E-state index contributed by atoms with van der Waals surface area (Å²) in [6, 6.07) is 2.63. The van der Waals surface area contributed by atoms with E-state index >= 15 is 0 Å². The normalized spacial score (nSPS) is 21.6. The van der Waals surface area contributed by atoms with E-state index in [1.54, 1.807) is 11.3 Å². The average molecular weight is 278 g/mol. The van der Waals surface area contributed by atoms with E-state index in [0.29, 0.717) is 6.04 Å². The highest BCUT2D eigenvalue weighted by Gasteiger charge is 2.24. The van der Waals surface area contributed by atoms with Gasteiger partial charge in [0.25, 0.3) is 5.91 Å². The third kappa shape index (κ3) is 2.70. The van der Waals surface area contributed by atoms with Gasteiger partial charge in [-0.3, -0.25) is 4.79 Å². The fourth-order valence-electron chi connectivity index (χ4n) is 3.12. The molecule has 1 atom stereocenters. The molecule has 1 N–H and O–H groups in total. The van der Waals surface area contributed by atoms with Gasteiger partial charge in [-0.05, 0) is 57.2 Å². The van der Waals surface area contributed by atoms with Gasteiger partial charge in [0.1, 0.15) is 0 Å². The molecule has 0 spiro atoms. The van der Waals surface area contributed by atoms with Crippen LogP contribution in [0.25, 0.3) is 0 Å². The van der Waals surface area contributed by atoms with Gasteiger partial charge in [0.2, 0.25) is 0 Å². The molecule has 19 heavy (non-hydrogen) atoms. The van der Waals surface area contributed by atoms with E-state index in [-0.39, 0.29) is 5.91 Å². The molecule has 2 heterocycles. The fourth-order valence-corrected chi connectivity index (χ4v) is 4.35. The third-order valence-corrected chi connectivity index (χ3v) is 5.45. The van der Waals surface area contributed by atoms with Crippen LogP contribution in [0.3, 0.4) is 0 Å². The lowest BCUT2D eigenvalue weighted by Gasteiger charge is -2.24. The molecule has 1 fully saturated rings. The number of fused-ring (bicyclic) bond motifs is 1. The van der Waals surface area contributed by atoms with E-state index in [4.69, 9.17) is 0 Å². The van der Waals surface area contributed by atoms with Gasteiger partial charge in [0.15, 0.2) is 0 Å². The van der Waals surface area contributed by atoms with Crippen LogP contribution in [0.1, 0.15) is 46.3 Å². The van der Waals surface area contributed by atoms with E-state index < -0.39 is 0 Å². The lowest BCUT2D eigenvalue weighted by molar-refractivity contribution is 0.0756. The molecular weight excluding hydrogens is 256 g/mol. The monoisotopic (exact) mass is 278 g/mol. The van der Waals surface area contributed by atoms with Gasteiger partial charge in [-0.25, -0.2) is 0 Å². The van der Waals surface area contributed by atoms with Crippen molar-refractivity contribution in [3.05, 3.63) is 21.4 Å². The minimum atomic E-state index is 0.232. The van der Waals surface area contributed by atoms with Crippen LogP contribution < -0.4 is 5.32 Å². The molecule has 1 unspecified atom stereocenters. The molecule has 0 aromatic carbocycles. The van der Waals surface area contributed by atoms with Crippen LogP contribution >= 0.6 is 11.3 Å². The number of amides is 1. The second kappa shape index (κ2) is 5.63. The standard InChI is InChI=1S/C15H22N2OS/c1-2-17(10-12-6-4-8-16-12)15(18)14-9-11-5-3-7-13(11)19-14/h9,12,16H,2-8,10H2,1H3. The molecule has 3 nitrogen and oxygen atoms in total. The number of nitrogens with one attached hydrogen (secondary N) is 1. The van der Waals surface area contributed by atoms with Crippen molar-refractivity contribution in [2.75, 3.05) is 19.6 Å². The van der Waals surface area contributed by atoms with Crippen LogP contribution in [0.5, 0.6) is 0 Å². The maximum atomic E-state index is 12.6. The van der Waals surface area contributed by atoms with Crippen molar-refractivity contribution in [2.24, 2.45) is 0 Å². The molecule has 1 aliphatic heterocycles. The second-order valence-electron chi connectivity index (χ2n) is 5.55. The minimum Gasteiger partial charge on any atom is -0.337 e. The van der Waals surface area contributed by atoms with E-state index in [2.05, 4.69) is 18.3 Å². The molecule has 1 saturated heterocycles. The topological polar surface area (TPSA) is 32.3 Å². The molecule has 0 bridgehead atoms. The van der Waals surface area contributed by atoms with Crippen molar-refractivity contribution in [1.82, 2.24) is 10.2 Å². The predicted octanol–water partition coefficient (Wildman–Crippen LogP) is 2.45. The number of carbonyl (C=O) groups excluding carboxylic acids is 1. The molecule has 1 aliphatic carbocycles. The molecule has 1 aromatic rings. The Balaban J connectivity index is 1.69. The van der Waals surface area contributed by atoms with Crippen LogP contribution in [-0.2, 0) is 12.8 Å². The van der Waals surface area contributed by atoms with Gasteiger partial charge in [-0.1, -0.05) is 0 Å². The Morgan fingerprint density at radius 2 is 2.37 bits per heavy atom. The van der Waals surface area contributed by atoms with E-state index in [1.165, 1.54) is 36.1 Å². The molecule has 1 aromatic heterocycles. The molecule has 1 amide bonds. The number of likely N-dealkylation sites (N-methyl/N-ethyl adjacent to an activating group) is 1. The fraction of sp³-hybridized carbons (Fsp3) is 0.667. The number of aryl methyl sites for hydroxylation is 2. The summed E-state index contributed by atoms with van der Waals surface area (Å²) in [6.07, 6.45) is 6.03. The summed E-state index contributed by atoms with van der Waals surface area (Å²) in [5.74, 6) is 0.232. The zero-order valence-electron chi connectivity index (χ0n) is 11.6. The quantitative estimate of drug-likeness (QED) is 0.917. The Bertz CT molecular complexity index is 441. The molecule has 3 rings (SSSR count). The SMILES string of the molecule is CCN(CC1CCCN1)C(=O)c1cc2c(s1)CCC2. The van der Waals surface area contributed by atoms with Crippen molar-refractivity contribution in [3.63, 3.8) is 0 Å². The average Bonchev–Trinajstić information content (AvgIpc) is 3.10. The van der Waals surface area contributed by atoms with E-state index in [9.17, 15) is 4.79 Å². The number of rotatable bonds is 4. The number of hydrogen-bond acceptors (Lipinski definition) is 3. The number of nitrogens with zero attached hydrogens (tertiary/aromatic N) is 1. The van der Waals surface area contributed by atoms with Crippen molar-refractivity contribution >= 4 is 17.2 Å². The summed E-state index contributed by atoms with van der Waals surface area (Å²) in [4.78, 5) is 17.0. The summed E-state index contributed by atoms with van der Waals surface area (Å²) in [5.41, 5.74) is 1.42. The van der Waals surface area contributed by atoms with Crippen LogP contribution in [0, 0.1) is 0 Å². The van der Waals surface area contributed by atoms with Gasteiger partial charge in [0.05, 0.1) is 4.88 Å². The highest BCUT2D eigenvalue weighted by Crippen LogP contribution is 2.31. The van der Waals surface area contributed by atoms with E-state index in [0.717, 1.165) is 30.9 Å². The van der Waals surface area contributed by atoms with Crippen LogP contribution in [0.15, 0.2) is 6.07 Å². The molecule has 2 aliphatic rings. The number of carbonyl (C=O) groups is 1. The van der Waals surface area contributed by atoms with Gasteiger partial charge in [-0.15, -0.1) is 11.3 Å². The van der Waals surface area contributed by atoms with Gasteiger partial charge in [0, 0.05) is 24.0 Å². The number of thiophene rings is 1. The van der Waals surface area contributed by atoms with Crippen molar-refractivity contribution in [2.45, 2.75) is 45.1 Å². The Morgan fingerprint density at radius 1 is 1.47 bits per heavy atom. The summed E-state index contributed by atoms with van der Waals surface area (Å²) < 4.78 is 0. The molecule has 4 heteroatoms.